The number of carbonyl (C=O) groups is 1. The van der Waals surface area contributed by atoms with Gasteiger partial charge in [-0.1, -0.05) is 29.8 Å². The third-order valence-electron chi connectivity index (χ3n) is 4.15. The average molecular weight is 374 g/mol. The first-order valence-corrected chi connectivity index (χ1v) is 9.98. The molecule has 1 aromatic heterocycles. The number of nitrogens with one attached hydrogen (secondary N) is 1. The predicted molar refractivity (Wildman–Crippen MR) is 90.5 cm³/mol. The fourth-order valence-corrected chi connectivity index (χ4v) is 6.34. The second-order valence-electron chi connectivity index (χ2n) is 5.71. The third-order valence-corrected chi connectivity index (χ3v) is 7.97. The number of aliphatic carboxylic acids is 1. The summed E-state index contributed by atoms with van der Waals surface area (Å²) in [5.74, 6) is -1.18. The van der Waals surface area contributed by atoms with Crippen molar-refractivity contribution in [2.75, 3.05) is 0 Å². The molecule has 8 heteroatoms. The van der Waals surface area contributed by atoms with Crippen LogP contribution in [0.4, 0.5) is 0 Å². The number of rotatable bonds is 4. The molecular weight excluding hydrogens is 358 g/mol. The molecule has 0 spiro atoms. The number of hydrogen-bond donors (Lipinski definition) is 2. The lowest BCUT2D eigenvalue weighted by atomic mass is 9.87. The molecule has 3 rings (SSSR count). The van der Waals surface area contributed by atoms with Gasteiger partial charge in [0.15, 0.2) is 4.21 Å². The van der Waals surface area contributed by atoms with Gasteiger partial charge in [0.1, 0.15) is 0 Å². The van der Waals surface area contributed by atoms with Crippen molar-refractivity contribution in [1.29, 1.82) is 0 Å². The van der Waals surface area contributed by atoms with Crippen LogP contribution in [0, 0.1) is 5.92 Å². The molecule has 0 atom stereocenters. The summed E-state index contributed by atoms with van der Waals surface area (Å²) in [7, 11) is -3.70. The third kappa shape index (κ3) is 3.38. The smallest absolute Gasteiger partial charge is 0.306 e. The van der Waals surface area contributed by atoms with E-state index in [-0.39, 0.29) is 21.2 Å². The molecule has 1 aliphatic carbocycles. The Balaban J connectivity index is 1.79. The molecule has 1 aromatic carbocycles. The van der Waals surface area contributed by atoms with Crippen molar-refractivity contribution in [2.45, 2.75) is 35.9 Å². The van der Waals surface area contributed by atoms with Crippen LogP contribution in [0.1, 0.15) is 25.7 Å². The van der Waals surface area contributed by atoms with Gasteiger partial charge in [0.05, 0.1) is 10.9 Å². The molecule has 0 bridgehead atoms. The molecule has 0 radical (unpaired) electrons. The summed E-state index contributed by atoms with van der Waals surface area (Å²) in [6.07, 6.45) is 2.03. The summed E-state index contributed by atoms with van der Waals surface area (Å²) in [5.41, 5.74) is 0. The number of carboxylic acid groups (broad SMARTS) is 1. The van der Waals surface area contributed by atoms with Gasteiger partial charge < -0.3 is 5.11 Å². The van der Waals surface area contributed by atoms with Crippen LogP contribution < -0.4 is 4.72 Å². The number of halogens is 1. The SMILES string of the molecule is O=C(O)C1CCC(NS(=O)(=O)c2sc3ccccc3c2Cl)CC1. The molecule has 1 aliphatic rings. The van der Waals surface area contributed by atoms with Gasteiger partial charge >= 0.3 is 5.97 Å². The largest absolute Gasteiger partial charge is 0.481 e. The van der Waals surface area contributed by atoms with E-state index < -0.39 is 16.0 Å². The molecule has 1 fully saturated rings. The van der Waals surface area contributed by atoms with E-state index in [1.54, 1.807) is 6.07 Å². The van der Waals surface area contributed by atoms with Crippen LogP contribution in [-0.4, -0.2) is 25.5 Å². The van der Waals surface area contributed by atoms with E-state index in [1.165, 1.54) is 0 Å². The van der Waals surface area contributed by atoms with Gasteiger partial charge in [0.25, 0.3) is 10.0 Å². The van der Waals surface area contributed by atoms with E-state index in [1.807, 2.05) is 18.2 Å². The van der Waals surface area contributed by atoms with Gasteiger partial charge in [-0.2, -0.15) is 0 Å². The maximum absolute atomic E-state index is 12.6. The first-order chi connectivity index (χ1) is 10.9. The molecule has 1 heterocycles. The van der Waals surface area contributed by atoms with Gasteiger partial charge in [-0.05, 0) is 31.7 Å². The van der Waals surface area contributed by atoms with Gasteiger partial charge in [-0.15, -0.1) is 11.3 Å². The van der Waals surface area contributed by atoms with Crippen molar-refractivity contribution in [3.63, 3.8) is 0 Å². The zero-order valence-electron chi connectivity index (χ0n) is 12.2. The minimum absolute atomic E-state index is 0.126. The van der Waals surface area contributed by atoms with Crippen molar-refractivity contribution >= 4 is 49.0 Å². The normalized spacial score (nSPS) is 22.3. The van der Waals surface area contributed by atoms with Crippen LogP contribution in [0.3, 0.4) is 0 Å². The van der Waals surface area contributed by atoms with E-state index in [2.05, 4.69) is 4.72 Å². The van der Waals surface area contributed by atoms with Crippen LogP contribution in [0.5, 0.6) is 0 Å². The summed E-state index contributed by atoms with van der Waals surface area (Å²) in [6.45, 7) is 0. The summed E-state index contributed by atoms with van der Waals surface area (Å²) < 4.78 is 28.8. The first-order valence-electron chi connectivity index (χ1n) is 7.30. The Morgan fingerprint density at radius 1 is 1.22 bits per heavy atom. The van der Waals surface area contributed by atoms with Crippen LogP contribution in [0.2, 0.25) is 5.02 Å². The lowest BCUT2D eigenvalue weighted by molar-refractivity contribution is -0.142. The van der Waals surface area contributed by atoms with Crippen molar-refractivity contribution in [3.8, 4) is 0 Å². The van der Waals surface area contributed by atoms with E-state index in [4.69, 9.17) is 16.7 Å². The van der Waals surface area contributed by atoms with Crippen LogP contribution >= 0.6 is 22.9 Å². The number of benzene rings is 1. The number of carboxylic acids is 1. The maximum atomic E-state index is 12.6. The topological polar surface area (TPSA) is 83.5 Å². The van der Waals surface area contributed by atoms with Gasteiger partial charge in [0.2, 0.25) is 0 Å². The van der Waals surface area contributed by atoms with Crippen LogP contribution in [-0.2, 0) is 14.8 Å². The molecule has 23 heavy (non-hydrogen) atoms. The summed E-state index contributed by atoms with van der Waals surface area (Å²) >= 11 is 7.39. The Morgan fingerprint density at radius 3 is 2.48 bits per heavy atom. The molecule has 0 unspecified atom stereocenters. The minimum Gasteiger partial charge on any atom is -0.481 e. The van der Waals surface area contributed by atoms with Crippen LogP contribution in [0.25, 0.3) is 10.1 Å². The van der Waals surface area contributed by atoms with E-state index >= 15 is 0 Å². The van der Waals surface area contributed by atoms with Crippen molar-refractivity contribution in [3.05, 3.63) is 29.3 Å². The Hall–Kier alpha value is -1.15. The highest BCUT2D eigenvalue weighted by atomic mass is 35.5. The van der Waals surface area contributed by atoms with E-state index in [0.29, 0.717) is 25.7 Å². The fraction of sp³-hybridized carbons (Fsp3) is 0.400. The fourth-order valence-electron chi connectivity index (χ4n) is 2.90. The highest BCUT2D eigenvalue weighted by Gasteiger charge is 2.30. The first kappa shape index (κ1) is 16.7. The van der Waals surface area contributed by atoms with Crippen molar-refractivity contribution < 1.29 is 18.3 Å². The molecule has 2 N–H and O–H groups in total. The standard InChI is InChI=1S/C15H16ClNO4S2/c16-13-11-3-1-2-4-12(11)22-15(13)23(20,21)17-10-7-5-9(6-8-10)14(18)19/h1-4,9-10,17H,5-8H2,(H,18,19). The zero-order chi connectivity index (χ0) is 16.6. The summed E-state index contributed by atoms with van der Waals surface area (Å²) in [4.78, 5) is 11.0. The Kier molecular flexibility index (Phi) is 4.64. The second-order valence-corrected chi connectivity index (χ2v) is 9.05. The molecule has 5 nitrogen and oxygen atoms in total. The van der Waals surface area contributed by atoms with Crippen LogP contribution in [0.15, 0.2) is 28.5 Å². The molecular formula is C15H16ClNO4S2. The average Bonchev–Trinajstić information content (AvgIpc) is 2.86. The Labute approximate surface area is 143 Å². The monoisotopic (exact) mass is 373 g/mol. The number of fused-ring (bicyclic) bond motifs is 1. The van der Waals surface area contributed by atoms with E-state index in [0.717, 1.165) is 21.4 Å². The lowest BCUT2D eigenvalue weighted by Gasteiger charge is -2.26. The maximum Gasteiger partial charge on any atom is 0.306 e. The molecule has 1 saturated carbocycles. The molecule has 0 saturated heterocycles. The molecule has 2 aromatic rings. The highest BCUT2D eigenvalue weighted by molar-refractivity contribution is 7.92. The molecule has 124 valence electrons. The highest BCUT2D eigenvalue weighted by Crippen LogP contribution is 2.38. The Bertz CT molecular complexity index is 838. The predicted octanol–water partition coefficient (Wildman–Crippen LogP) is 3.48. The number of thiophene rings is 1. The summed E-state index contributed by atoms with van der Waals surface area (Å²) in [5, 5.41) is 9.98. The number of sulfonamides is 1. The van der Waals surface area contributed by atoms with Gasteiger partial charge in [-0.25, -0.2) is 13.1 Å². The number of hydrogen-bond acceptors (Lipinski definition) is 4. The van der Waals surface area contributed by atoms with Gasteiger partial charge in [-0.3, -0.25) is 4.79 Å². The lowest BCUT2D eigenvalue weighted by Crippen LogP contribution is -2.38. The molecule has 0 aliphatic heterocycles. The second kappa shape index (κ2) is 6.39. The van der Waals surface area contributed by atoms with Crippen molar-refractivity contribution in [2.24, 2.45) is 5.92 Å². The van der Waals surface area contributed by atoms with E-state index in [9.17, 15) is 13.2 Å². The Morgan fingerprint density at radius 2 is 1.87 bits per heavy atom. The zero-order valence-corrected chi connectivity index (χ0v) is 14.5. The molecule has 0 amide bonds. The minimum atomic E-state index is -3.70. The quantitative estimate of drug-likeness (QED) is 0.859. The summed E-state index contributed by atoms with van der Waals surface area (Å²) in [6, 6.07) is 7.05. The van der Waals surface area contributed by atoms with Crippen molar-refractivity contribution in [1.82, 2.24) is 4.72 Å². The van der Waals surface area contributed by atoms with Gasteiger partial charge in [0, 0.05) is 16.1 Å².